The lowest BCUT2D eigenvalue weighted by molar-refractivity contribution is 0.309. The second-order valence-corrected chi connectivity index (χ2v) is 5.69. The van der Waals surface area contributed by atoms with Gasteiger partial charge in [0.25, 0.3) is 0 Å². The molecule has 2 rings (SSSR count). The first-order valence-corrected chi connectivity index (χ1v) is 7.24. The van der Waals surface area contributed by atoms with Crippen molar-refractivity contribution in [2.45, 2.75) is 13.1 Å². The van der Waals surface area contributed by atoms with Gasteiger partial charge in [-0.1, -0.05) is 40.2 Å². The van der Waals surface area contributed by atoms with Crippen LogP contribution in [0.4, 0.5) is 5.69 Å². The van der Waals surface area contributed by atoms with Gasteiger partial charge in [0.2, 0.25) is 0 Å². The van der Waals surface area contributed by atoms with Crippen LogP contribution in [-0.2, 0) is 13.1 Å². The number of hydrogen-bond acceptors (Lipinski definition) is 3. The van der Waals surface area contributed by atoms with E-state index in [9.17, 15) is 0 Å². The molecule has 0 aliphatic rings. The third kappa shape index (κ3) is 3.74. The van der Waals surface area contributed by atoms with Gasteiger partial charge in [-0.2, -0.15) is 0 Å². The molecule has 106 valence electrons. The van der Waals surface area contributed by atoms with Crippen molar-refractivity contribution in [2.24, 2.45) is 0 Å². The number of hydrogen-bond donors (Lipinski definition) is 1. The number of methoxy groups -OCH3 is 1. The molecule has 0 aliphatic carbocycles. The number of halogens is 1. The summed E-state index contributed by atoms with van der Waals surface area (Å²) in [5.41, 5.74) is 8.90. The molecule has 0 atom stereocenters. The highest BCUT2D eigenvalue weighted by atomic mass is 79.9. The molecule has 4 heteroatoms. The number of nitrogens with two attached hydrogens (primary N) is 1. The van der Waals surface area contributed by atoms with Crippen LogP contribution in [0.25, 0.3) is 0 Å². The summed E-state index contributed by atoms with van der Waals surface area (Å²) in [6.45, 7) is 1.68. The van der Waals surface area contributed by atoms with Crippen LogP contribution >= 0.6 is 15.9 Å². The van der Waals surface area contributed by atoms with Crippen LogP contribution < -0.4 is 10.5 Å². The molecule has 2 N–H and O–H groups in total. The summed E-state index contributed by atoms with van der Waals surface area (Å²) in [6.07, 6.45) is 0. The Morgan fingerprint density at radius 2 is 1.80 bits per heavy atom. The molecule has 2 aromatic rings. The molecule has 0 bridgehead atoms. The van der Waals surface area contributed by atoms with E-state index in [1.807, 2.05) is 24.3 Å². The number of rotatable bonds is 5. The molecule has 0 fully saturated rings. The molecule has 0 spiro atoms. The van der Waals surface area contributed by atoms with Crippen LogP contribution in [0.3, 0.4) is 0 Å². The highest BCUT2D eigenvalue weighted by Gasteiger charge is 2.08. The summed E-state index contributed by atoms with van der Waals surface area (Å²) in [5, 5.41) is 0. The zero-order chi connectivity index (χ0) is 14.5. The van der Waals surface area contributed by atoms with Crippen LogP contribution in [0, 0.1) is 0 Å². The topological polar surface area (TPSA) is 38.5 Å². The molecular formula is C16H19BrN2O. The second kappa shape index (κ2) is 6.77. The van der Waals surface area contributed by atoms with Crippen molar-refractivity contribution >= 4 is 21.6 Å². The lowest BCUT2D eigenvalue weighted by atomic mass is 10.1. The molecule has 3 nitrogen and oxygen atoms in total. The summed E-state index contributed by atoms with van der Waals surface area (Å²) in [7, 11) is 3.77. The van der Waals surface area contributed by atoms with Crippen molar-refractivity contribution in [3.8, 4) is 5.75 Å². The Labute approximate surface area is 128 Å². The highest BCUT2D eigenvalue weighted by molar-refractivity contribution is 9.10. The fraction of sp³-hybridized carbons (Fsp3) is 0.250. The summed E-state index contributed by atoms with van der Waals surface area (Å²) in [5.74, 6) is 0.837. The van der Waals surface area contributed by atoms with Crippen LogP contribution in [0.1, 0.15) is 11.1 Å². The maximum Gasteiger partial charge on any atom is 0.125 e. The van der Waals surface area contributed by atoms with Gasteiger partial charge in [-0.25, -0.2) is 0 Å². The lowest BCUT2D eigenvalue weighted by Crippen LogP contribution is -2.18. The molecule has 0 aromatic heterocycles. The maximum absolute atomic E-state index is 5.78. The molecule has 0 amide bonds. The smallest absolute Gasteiger partial charge is 0.125 e. The SMILES string of the molecule is COc1cc(N)ccc1CN(C)Cc1ccccc1Br. The van der Waals surface area contributed by atoms with E-state index in [1.165, 1.54) is 5.56 Å². The second-order valence-electron chi connectivity index (χ2n) is 4.83. The van der Waals surface area contributed by atoms with Crippen LogP contribution in [-0.4, -0.2) is 19.1 Å². The molecule has 0 radical (unpaired) electrons. The Morgan fingerprint density at radius 1 is 1.10 bits per heavy atom. The number of nitrogens with zero attached hydrogens (tertiary/aromatic N) is 1. The van der Waals surface area contributed by atoms with Gasteiger partial charge in [0, 0.05) is 34.9 Å². The van der Waals surface area contributed by atoms with Gasteiger partial charge in [0.05, 0.1) is 7.11 Å². The monoisotopic (exact) mass is 334 g/mol. The van der Waals surface area contributed by atoms with Gasteiger partial charge in [-0.05, 0) is 24.7 Å². The van der Waals surface area contributed by atoms with Gasteiger partial charge < -0.3 is 10.5 Å². The van der Waals surface area contributed by atoms with Crippen molar-refractivity contribution in [2.75, 3.05) is 19.9 Å². The molecular weight excluding hydrogens is 316 g/mol. The van der Waals surface area contributed by atoms with E-state index in [2.05, 4.69) is 46.1 Å². The zero-order valence-corrected chi connectivity index (χ0v) is 13.4. The van der Waals surface area contributed by atoms with Crippen molar-refractivity contribution in [1.82, 2.24) is 4.90 Å². The van der Waals surface area contributed by atoms with E-state index in [1.54, 1.807) is 7.11 Å². The molecule has 2 aromatic carbocycles. The molecule has 20 heavy (non-hydrogen) atoms. The van der Waals surface area contributed by atoms with E-state index in [4.69, 9.17) is 10.5 Å². The fourth-order valence-corrected chi connectivity index (χ4v) is 2.57. The van der Waals surface area contributed by atoms with Gasteiger partial charge in [-0.15, -0.1) is 0 Å². The van der Waals surface area contributed by atoms with Crippen LogP contribution in [0.2, 0.25) is 0 Å². The van der Waals surface area contributed by atoms with E-state index in [0.29, 0.717) is 0 Å². The number of nitrogen functional groups attached to an aromatic ring is 1. The average molecular weight is 335 g/mol. The minimum atomic E-state index is 0.721. The fourth-order valence-electron chi connectivity index (χ4n) is 2.16. The predicted octanol–water partition coefficient (Wildman–Crippen LogP) is 3.67. The van der Waals surface area contributed by atoms with Gasteiger partial charge in [0.1, 0.15) is 5.75 Å². The van der Waals surface area contributed by atoms with E-state index < -0.39 is 0 Å². The van der Waals surface area contributed by atoms with Crippen molar-refractivity contribution < 1.29 is 4.74 Å². The largest absolute Gasteiger partial charge is 0.496 e. The van der Waals surface area contributed by atoms with Crippen molar-refractivity contribution in [3.63, 3.8) is 0 Å². The maximum atomic E-state index is 5.78. The Bertz CT molecular complexity index is 586. The Kier molecular flexibility index (Phi) is 5.04. The third-order valence-corrected chi connectivity index (χ3v) is 3.92. The molecule has 0 heterocycles. The molecule has 0 unspecified atom stereocenters. The number of ether oxygens (including phenoxy) is 1. The predicted molar refractivity (Wildman–Crippen MR) is 86.7 cm³/mol. The minimum absolute atomic E-state index is 0.721. The van der Waals surface area contributed by atoms with Gasteiger partial charge in [0.15, 0.2) is 0 Å². The number of benzene rings is 2. The first-order valence-electron chi connectivity index (χ1n) is 6.44. The van der Waals surface area contributed by atoms with E-state index >= 15 is 0 Å². The highest BCUT2D eigenvalue weighted by Crippen LogP contribution is 2.24. The summed E-state index contributed by atoms with van der Waals surface area (Å²) in [4.78, 5) is 2.24. The normalized spacial score (nSPS) is 10.8. The van der Waals surface area contributed by atoms with E-state index in [-0.39, 0.29) is 0 Å². The zero-order valence-electron chi connectivity index (χ0n) is 11.8. The number of anilines is 1. The Balaban J connectivity index is 2.08. The summed E-state index contributed by atoms with van der Waals surface area (Å²) >= 11 is 3.58. The first-order chi connectivity index (χ1) is 9.60. The van der Waals surface area contributed by atoms with Gasteiger partial charge in [-0.3, -0.25) is 4.90 Å². The molecule has 0 saturated carbocycles. The first kappa shape index (κ1) is 14.9. The third-order valence-electron chi connectivity index (χ3n) is 3.15. The lowest BCUT2D eigenvalue weighted by Gasteiger charge is -2.19. The Morgan fingerprint density at radius 3 is 2.50 bits per heavy atom. The summed E-state index contributed by atoms with van der Waals surface area (Å²) in [6, 6.07) is 14.1. The van der Waals surface area contributed by atoms with E-state index in [0.717, 1.165) is 34.6 Å². The van der Waals surface area contributed by atoms with Gasteiger partial charge >= 0.3 is 0 Å². The quantitative estimate of drug-likeness (QED) is 0.848. The molecule has 0 aliphatic heterocycles. The Hall–Kier alpha value is -1.52. The van der Waals surface area contributed by atoms with Crippen LogP contribution in [0.15, 0.2) is 46.9 Å². The standard InChI is InChI=1S/C16H19BrN2O/c1-19(10-12-5-3-4-6-15(12)17)11-13-7-8-14(18)9-16(13)20-2/h3-9H,10-11,18H2,1-2H3. The average Bonchev–Trinajstić information content (AvgIpc) is 2.43. The van der Waals surface area contributed by atoms with Crippen molar-refractivity contribution in [3.05, 3.63) is 58.1 Å². The molecule has 0 saturated heterocycles. The summed E-state index contributed by atoms with van der Waals surface area (Å²) < 4.78 is 6.52. The van der Waals surface area contributed by atoms with Crippen LogP contribution in [0.5, 0.6) is 5.75 Å². The minimum Gasteiger partial charge on any atom is -0.496 e. The van der Waals surface area contributed by atoms with Crippen molar-refractivity contribution in [1.29, 1.82) is 0 Å².